The molecule has 0 bridgehead atoms. The fraction of sp³-hybridized carbons (Fsp3) is 0.200. The third kappa shape index (κ3) is 2.67. The van der Waals surface area contributed by atoms with Crippen LogP contribution in [0, 0.1) is 20.6 Å². The van der Waals surface area contributed by atoms with E-state index in [2.05, 4.69) is 0 Å². The van der Waals surface area contributed by atoms with E-state index < -0.39 is 13.7 Å². The molecular formula is C25H25N4+. The van der Waals surface area contributed by atoms with Gasteiger partial charge in [-0.3, -0.25) is 4.40 Å². The number of rotatable bonds is 2. The Morgan fingerprint density at radius 2 is 1.83 bits per heavy atom. The molecule has 0 unspecified atom stereocenters. The lowest BCUT2D eigenvalue weighted by molar-refractivity contribution is -0.660. The van der Waals surface area contributed by atoms with Crippen LogP contribution in [0.25, 0.3) is 39.3 Å². The van der Waals surface area contributed by atoms with Crippen LogP contribution >= 0.6 is 0 Å². The number of pyridine rings is 1. The molecule has 0 saturated heterocycles. The first-order chi connectivity index (χ1) is 16.4. The van der Waals surface area contributed by atoms with Gasteiger partial charge in [0, 0.05) is 33.1 Å². The summed E-state index contributed by atoms with van der Waals surface area (Å²) >= 11 is 0. The first-order valence-corrected chi connectivity index (χ1v) is 9.45. The Balaban J connectivity index is 1.82. The van der Waals surface area contributed by atoms with Gasteiger partial charge in [-0.05, 0) is 49.5 Å². The molecule has 0 aliphatic carbocycles. The number of aryl methyl sites for hydroxylation is 5. The van der Waals surface area contributed by atoms with E-state index in [1.165, 1.54) is 0 Å². The lowest BCUT2D eigenvalue weighted by Gasteiger charge is -2.11. The Labute approximate surface area is 179 Å². The molecule has 0 spiro atoms. The summed E-state index contributed by atoms with van der Waals surface area (Å²) in [6.45, 7) is -3.00. The van der Waals surface area contributed by atoms with Crippen LogP contribution in [0.3, 0.4) is 0 Å². The van der Waals surface area contributed by atoms with Crippen LogP contribution in [0.2, 0.25) is 0 Å². The molecule has 0 aliphatic rings. The third-order valence-electron chi connectivity index (χ3n) is 5.49. The molecule has 0 fully saturated rings. The molecule has 4 heteroatoms. The highest BCUT2D eigenvalue weighted by Crippen LogP contribution is 2.31. The van der Waals surface area contributed by atoms with Gasteiger partial charge >= 0.3 is 0 Å². The van der Waals surface area contributed by atoms with Crippen LogP contribution in [0.4, 0.5) is 0 Å². The second-order valence-electron chi connectivity index (χ2n) is 7.49. The van der Waals surface area contributed by atoms with Gasteiger partial charge in [0.2, 0.25) is 11.5 Å². The number of nitrogens with zero attached hydrogens (tertiary/aromatic N) is 4. The van der Waals surface area contributed by atoms with Crippen molar-refractivity contribution in [1.29, 1.82) is 0 Å². The number of benzene rings is 2. The van der Waals surface area contributed by atoms with E-state index in [-0.39, 0.29) is 11.1 Å². The van der Waals surface area contributed by atoms with Crippen molar-refractivity contribution >= 4 is 16.8 Å². The van der Waals surface area contributed by atoms with Gasteiger partial charge in [0.15, 0.2) is 6.20 Å². The van der Waals surface area contributed by atoms with Gasteiger partial charge in [0.25, 0.3) is 0 Å². The maximum Gasteiger partial charge on any atom is 0.231 e. The fourth-order valence-electron chi connectivity index (χ4n) is 3.97. The Bertz CT molecular complexity index is 1600. The van der Waals surface area contributed by atoms with Crippen LogP contribution in [0.15, 0.2) is 60.9 Å². The SMILES string of the molecule is [2H]C([2H])([2H])c1cc(C)ccc1-c1cc(-c2cn3c4ccccc4nc3n2C)[n+](C)cc1C([2H])([2H])[2H]. The predicted octanol–water partition coefficient (Wildman–Crippen LogP) is 4.91. The van der Waals surface area contributed by atoms with Crippen molar-refractivity contribution in [2.45, 2.75) is 20.6 Å². The molecule has 0 saturated carbocycles. The molecule has 0 aliphatic heterocycles. The highest BCUT2D eigenvalue weighted by atomic mass is 15.2. The van der Waals surface area contributed by atoms with Crippen LogP contribution in [0.1, 0.15) is 24.9 Å². The highest BCUT2D eigenvalue weighted by molar-refractivity contribution is 5.81. The van der Waals surface area contributed by atoms with E-state index >= 15 is 0 Å². The highest BCUT2D eigenvalue weighted by Gasteiger charge is 2.21. The Kier molecular flexibility index (Phi) is 2.66. The molecule has 3 heterocycles. The largest absolute Gasteiger partial charge is 0.308 e. The van der Waals surface area contributed by atoms with Crippen molar-refractivity contribution in [2.24, 2.45) is 14.1 Å². The van der Waals surface area contributed by atoms with E-state index in [0.29, 0.717) is 11.1 Å². The summed E-state index contributed by atoms with van der Waals surface area (Å²) in [6, 6.07) is 14.8. The molecule has 0 N–H and O–H groups in total. The summed E-state index contributed by atoms with van der Waals surface area (Å²) in [5, 5.41) is 0. The molecule has 5 aromatic rings. The van der Waals surface area contributed by atoms with E-state index in [0.717, 1.165) is 33.8 Å². The van der Waals surface area contributed by atoms with E-state index in [1.807, 2.05) is 59.5 Å². The quantitative estimate of drug-likeness (QED) is 0.395. The third-order valence-corrected chi connectivity index (χ3v) is 5.49. The topological polar surface area (TPSA) is 26.1 Å². The van der Waals surface area contributed by atoms with Crippen LogP contribution in [-0.4, -0.2) is 14.0 Å². The van der Waals surface area contributed by atoms with E-state index in [9.17, 15) is 0 Å². The minimum atomic E-state index is -2.43. The number of para-hydroxylation sites is 2. The van der Waals surface area contributed by atoms with Crippen molar-refractivity contribution < 1.29 is 12.8 Å². The van der Waals surface area contributed by atoms with E-state index in [4.69, 9.17) is 13.2 Å². The molecule has 144 valence electrons. The summed E-state index contributed by atoms with van der Waals surface area (Å²) in [5.74, 6) is 0.751. The number of imidazole rings is 2. The fourth-order valence-corrected chi connectivity index (χ4v) is 3.97. The van der Waals surface area contributed by atoms with Gasteiger partial charge in [-0.1, -0.05) is 35.9 Å². The van der Waals surface area contributed by atoms with Crippen molar-refractivity contribution in [1.82, 2.24) is 14.0 Å². The van der Waals surface area contributed by atoms with Gasteiger partial charge < -0.3 is 4.57 Å². The summed E-state index contributed by atoms with van der Waals surface area (Å²) in [7, 11) is 3.70. The molecule has 0 radical (unpaired) electrons. The summed E-state index contributed by atoms with van der Waals surface area (Å²) in [4.78, 5) is 4.74. The zero-order chi connectivity index (χ0) is 25.3. The number of hydrogen-bond acceptors (Lipinski definition) is 1. The Morgan fingerprint density at radius 1 is 1.00 bits per heavy atom. The maximum absolute atomic E-state index is 8.16. The Morgan fingerprint density at radius 3 is 2.66 bits per heavy atom. The molecule has 0 amide bonds. The molecule has 5 rings (SSSR count). The van der Waals surface area contributed by atoms with Crippen molar-refractivity contribution in [3.8, 4) is 22.5 Å². The van der Waals surface area contributed by atoms with Gasteiger partial charge in [-0.15, -0.1) is 0 Å². The average Bonchev–Trinajstić information content (AvgIpc) is 3.29. The molecule has 0 atom stereocenters. The van der Waals surface area contributed by atoms with Crippen molar-refractivity contribution in [2.75, 3.05) is 0 Å². The van der Waals surface area contributed by atoms with E-state index in [1.54, 1.807) is 36.0 Å². The summed E-state index contributed by atoms with van der Waals surface area (Å²) in [5.41, 5.74) is 5.22. The predicted molar refractivity (Wildman–Crippen MR) is 118 cm³/mol. The number of hydrogen-bond donors (Lipinski definition) is 0. The average molecular weight is 388 g/mol. The smallest absolute Gasteiger partial charge is 0.231 e. The van der Waals surface area contributed by atoms with Gasteiger partial charge in [-0.2, -0.15) is 4.57 Å². The first kappa shape index (κ1) is 12.2. The number of aromatic nitrogens is 4. The van der Waals surface area contributed by atoms with Crippen LogP contribution in [-0.2, 0) is 14.1 Å². The minimum Gasteiger partial charge on any atom is -0.308 e. The monoisotopic (exact) mass is 387 g/mol. The molecule has 2 aromatic carbocycles. The Hall–Kier alpha value is -3.40. The zero-order valence-corrected chi connectivity index (χ0v) is 16.6. The maximum atomic E-state index is 8.16. The van der Waals surface area contributed by atoms with Crippen LogP contribution < -0.4 is 4.57 Å². The molecule has 3 aromatic heterocycles. The van der Waals surface area contributed by atoms with Gasteiger partial charge in [0.05, 0.1) is 11.0 Å². The lowest BCUT2D eigenvalue weighted by Crippen LogP contribution is -2.32. The number of fused-ring (bicyclic) bond motifs is 3. The van der Waals surface area contributed by atoms with Gasteiger partial charge in [0.1, 0.15) is 12.7 Å². The first-order valence-electron chi connectivity index (χ1n) is 12.4. The summed E-state index contributed by atoms with van der Waals surface area (Å²) in [6.07, 6.45) is 3.55. The standard InChI is InChI=1S/C25H25N4/c1-16-10-11-19(17(2)12-16)20-13-23(27(4)14-18(20)3)24-15-29-22-9-7-6-8-21(22)26-25(29)28(24)5/h6-15H,1-5H3/q+1/i2D3,3D3. The minimum absolute atomic E-state index is 0.0996. The summed E-state index contributed by atoms with van der Waals surface area (Å²) < 4.78 is 54.4. The zero-order valence-electron chi connectivity index (χ0n) is 22.6. The van der Waals surface area contributed by atoms with Crippen molar-refractivity contribution in [3.63, 3.8) is 0 Å². The van der Waals surface area contributed by atoms with Gasteiger partial charge in [-0.25, -0.2) is 4.98 Å². The van der Waals surface area contributed by atoms with Crippen molar-refractivity contribution in [3.05, 3.63) is 77.6 Å². The molecular weight excluding hydrogens is 356 g/mol. The normalized spacial score (nSPS) is 15.6. The second-order valence-corrected chi connectivity index (χ2v) is 7.49. The molecule has 4 nitrogen and oxygen atoms in total. The molecule has 29 heavy (non-hydrogen) atoms. The lowest BCUT2D eigenvalue weighted by atomic mass is 9.95. The van der Waals surface area contributed by atoms with Crippen LogP contribution in [0.5, 0.6) is 0 Å². The second kappa shape index (κ2) is 6.31.